The number of fused-ring (bicyclic) bond motifs is 1. The Morgan fingerprint density at radius 1 is 1.04 bits per heavy atom. The molecule has 0 saturated heterocycles. The molecule has 3 heterocycles. The molecule has 0 saturated carbocycles. The summed E-state index contributed by atoms with van der Waals surface area (Å²) in [5, 5.41) is 4.02. The van der Waals surface area contributed by atoms with Crippen molar-refractivity contribution in [1.29, 1.82) is 0 Å². The molecular formula is C15H9F3N6. The number of H-pyrrole nitrogens is 1. The van der Waals surface area contributed by atoms with Crippen LogP contribution in [0.3, 0.4) is 0 Å². The Hall–Kier alpha value is -3.23. The molecule has 24 heavy (non-hydrogen) atoms. The van der Waals surface area contributed by atoms with E-state index in [-0.39, 0.29) is 5.95 Å². The van der Waals surface area contributed by atoms with Gasteiger partial charge in [0.05, 0.1) is 22.8 Å². The summed E-state index contributed by atoms with van der Waals surface area (Å²) in [6, 6.07) is 8.30. The van der Waals surface area contributed by atoms with Gasteiger partial charge in [0, 0.05) is 12.4 Å². The number of nitrogens with zero attached hydrogens (tertiary/aromatic N) is 5. The van der Waals surface area contributed by atoms with Crippen LogP contribution in [0.25, 0.3) is 28.4 Å². The van der Waals surface area contributed by atoms with Gasteiger partial charge >= 0.3 is 6.18 Å². The number of benzene rings is 1. The van der Waals surface area contributed by atoms with Crippen molar-refractivity contribution in [3.63, 3.8) is 0 Å². The topological polar surface area (TPSA) is 72.3 Å². The third kappa shape index (κ3) is 2.49. The van der Waals surface area contributed by atoms with Crippen molar-refractivity contribution >= 4 is 11.0 Å². The molecule has 0 aliphatic rings. The van der Waals surface area contributed by atoms with Crippen molar-refractivity contribution in [2.24, 2.45) is 0 Å². The van der Waals surface area contributed by atoms with Crippen LogP contribution in [0.2, 0.25) is 0 Å². The predicted molar refractivity (Wildman–Crippen MR) is 79.2 cm³/mol. The van der Waals surface area contributed by atoms with E-state index in [0.717, 1.165) is 23.3 Å². The van der Waals surface area contributed by atoms with Crippen molar-refractivity contribution in [3.05, 3.63) is 54.6 Å². The van der Waals surface area contributed by atoms with Gasteiger partial charge in [-0.15, -0.1) is 0 Å². The molecule has 4 rings (SSSR count). The zero-order valence-electron chi connectivity index (χ0n) is 12.0. The molecule has 1 N–H and O–H groups in total. The molecule has 9 heteroatoms. The summed E-state index contributed by atoms with van der Waals surface area (Å²) >= 11 is 0. The van der Waals surface area contributed by atoms with Gasteiger partial charge in [-0.05, 0) is 18.2 Å². The summed E-state index contributed by atoms with van der Waals surface area (Å²) < 4.78 is 39.4. The third-order valence-electron chi connectivity index (χ3n) is 3.38. The number of hydrogen-bond acceptors (Lipinski definition) is 4. The van der Waals surface area contributed by atoms with Crippen molar-refractivity contribution in [1.82, 2.24) is 29.7 Å². The molecule has 0 radical (unpaired) electrons. The van der Waals surface area contributed by atoms with E-state index in [9.17, 15) is 13.2 Å². The Morgan fingerprint density at radius 3 is 2.67 bits per heavy atom. The second kappa shape index (κ2) is 5.15. The molecule has 0 aliphatic heterocycles. The van der Waals surface area contributed by atoms with Crippen molar-refractivity contribution in [2.75, 3.05) is 0 Å². The van der Waals surface area contributed by atoms with E-state index < -0.39 is 11.9 Å². The lowest BCUT2D eigenvalue weighted by molar-refractivity contribution is -0.141. The summed E-state index contributed by atoms with van der Waals surface area (Å²) in [6.07, 6.45) is -0.478. The average Bonchev–Trinajstić information content (AvgIpc) is 3.21. The molecule has 0 bridgehead atoms. The van der Waals surface area contributed by atoms with E-state index in [4.69, 9.17) is 0 Å². The van der Waals surface area contributed by atoms with Gasteiger partial charge in [0.2, 0.25) is 0 Å². The molecule has 0 spiro atoms. The van der Waals surface area contributed by atoms with Crippen LogP contribution in [0.5, 0.6) is 0 Å². The molecule has 0 unspecified atom stereocenters. The van der Waals surface area contributed by atoms with Gasteiger partial charge in [-0.1, -0.05) is 12.1 Å². The number of rotatable bonds is 2. The van der Waals surface area contributed by atoms with Crippen LogP contribution in [0.15, 0.2) is 48.9 Å². The highest BCUT2D eigenvalue weighted by Crippen LogP contribution is 2.27. The maximum Gasteiger partial charge on any atom is 0.433 e. The first-order valence-corrected chi connectivity index (χ1v) is 6.91. The number of alkyl halides is 3. The normalized spacial score (nSPS) is 12.0. The standard InChI is InChI=1S/C15H9F3N6/c16-15(17,18)12-5-6-19-14(23-12)24-8-9(7-20-24)13-21-10-3-1-2-4-11(10)22-13/h1-8H,(H,21,22). The lowest BCUT2D eigenvalue weighted by Crippen LogP contribution is -2.11. The molecule has 0 aliphatic carbocycles. The fourth-order valence-electron chi connectivity index (χ4n) is 2.26. The van der Waals surface area contributed by atoms with Crippen LogP contribution in [-0.2, 0) is 6.18 Å². The fourth-order valence-corrected chi connectivity index (χ4v) is 2.26. The summed E-state index contributed by atoms with van der Waals surface area (Å²) in [4.78, 5) is 14.9. The SMILES string of the molecule is FC(F)(F)c1ccnc(-n2cc(-c3nc4ccccc4[nH]3)cn2)n1. The molecule has 0 atom stereocenters. The first kappa shape index (κ1) is 14.4. The van der Waals surface area contributed by atoms with E-state index in [1.54, 1.807) is 0 Å². The van der Waals surface area contributed by atoms with E-state index >= 15 is 0 Å². The van der Waals surface area contributed by atoms with Gasteiger partial charge in [-0.2, -0.15) is 18.3 Å². The minimum Gasteiger partial charge on any atom is -0.338 e. The van der Waals surface area contributed by atoms with Crippen molar-refractivity contribution in [2.45, 2.75) is 6.18 Å². The van der Waals surface area contributed by atoms with Crippen LogP contribution in [0.1, 0.15) is 5.69 Å². The molecule has 6 nitrogen and oxygen atoms in total. The van der Waals surface area contributed by atoms with Crippen molar-refractivity contribution < 1.29 is 13.2 Å². The van der Waals surface area contributed by atoms with Crippen molar-refractivity contribution in [3.8, 4) is 17.3 Å². The van der Waals surface area contributed by atoms with Gasteiger partial charge < -0.3 is 4.98 Å². The zero-order valence-corrected chi connectivity index (χ0v) is 12.0. The third-order valence-corrected chi connectivity index (χ3v) is 3.38. The Morgan fingerprint density at radius 2 is 1.88 bits per heavy atom. The number of halogens is 3. The number of para-hydroxylation sites is 2. The maximum atomic E-state index is 12.7. The first-order chi connectivity index (χ1) is 11.5. The first-order valence-electron chi connectivity index (χ1n) is 6.91. The molecule has 0 amide bonds. The van der Waals surface area contributed by atoms with Gasteiger partial charge in [0.1, 0.15) is 11.5 Å². The smallest absolute Gasteiger partial charge is 0.338 e. The number of hydrogen-bond donors (Lipinski definition) is 1. The Kier molecular flexibility index (Phi) is 3.08. The lowest BCUT2D eigenvalue weighted by Gasteiger charge is -2.06. The number of aromatic nitrogens is 6. The highest BCUT2D eigenvalue weighted by Gasteiger charge is 2.33. The van der Waals surface area contributed by atoms with E-state index in [1.165, 1.54) is 17.1 Å². The number of aromatic amines is 1. The van der Waals surface area contributed by atoms with E-state index in [1.807, 2.05) is 24.3 Å². The summed E-state index contributed by atoms with van der Waals surface area (Å²) in [6.45, 7) is 0. The highest BCUT2D eigenvalue weighted by atomic mass is 19.4. The van der Waals surface area contributed by atoms with Gasteiger partial charge in [0.15, 0.2) is 0 Å². The highest BCUT2D eigenvalue weighted by molar-refractivity contribution is 5.78. The summed E-state index contributed by atoms with van der Waals surface area (Å²) in [7, 11) is 0. The minimum atomic E-state index is -4.54. The lowest BCUT2D eigenvalue weighted by atomic mass is 10.3. The molecule has 0 fully saturated rings. The fraction of sp³-hybridized carbons (Fsp3) is 0.0667. The maximum absolute atomic E-state index is 12.7. The Labute approximate surface area is 133 Å². The van der Waals surface area contributed by atoms with Gasteiger partial charge in [-0.3, -0.25) is 0 Å². The largest absolute Gasteiger partial charge is 0.433 e. The zero-order chi connectivity index (χ0) is 16.7. The van der Waals surface area contributed by atoms with Crippen LogP contribution >= 0.6 is 0 Å². The van der Waals surface area contributed by atoms with Gasteiger partial charge in [-0.25, -0.2) is 19.6 Å². The molecule has 1 aromatic carbocycles. The number of nitrogens with one attached hydrogen (secondary N) is 1. The minimum absolute atomic E-state index is 0.160. The summed E-state index contributed by atoms with van der Waals surface area (Å²) in [5.74, 6) is 0.404. The van der Waals surface area contributed by atoms with E-state index in [2.05, 4.69) is 25.0 Å². The Balaban J connectivity index is 1.72. The second-order valence-corrected chi connectivity index (χ2v) is 5.02. The van der Waals surface area contributed by atoms with Crippen LogP contribution in [-0.4, -0.2) is 29.7 Å². The van der Waals surface area contributed by atoms with Crippen LogP contribution < -0.4 is 0 Å². The van der Waals surface area contributed by atoms with Crippen LogP contribution in [0, 0.1) is 0 Å². The molecule has 3 aromatic heterocycles. The predicted octanol–water partition coefficient (Wildman–Crippen LogP) is 3.22. The monoisotopic (exact) mass is 330 g/mol. The number of imidazole rings is 1. The molecular weight excluding hydrogens is 321 g/mol. The average molecular weight is 330 g/mol. The quantitative estimate of drug-likeness (QED) is 0.612. The van der Waals surface area contributed by atoms with Gasteiger partial charge in [0.25, 0.3) is 5.95 Å². The Bertz CT molecular complexity index is 984. The van der Waals surface area contributed by atoms with Crippen LogP contribution in [0.4, 0.5) is 13.2 Å². The van der Waals surface area contributed by atoms with E-state index in [0.29, 0.717) is 11.4 Å². The summed E-state index contributed by atoms with van der Waals surface area (Å²) in [5.41, 5.74) is 1.24. The molecule has 4 aromatic rings. The molecule has 120 valence electrons. The second-order valence-electron chi connectivity index (χ2n) is 5.02.